The summed E-state index contributed by atoms with van der Waals surface area (Å²) in [5.41, 5.74) is 2.35. The van der Waals surface area contributed by atoms with E-state index in [0.29, 0.717) is 6.04 Å². The highest BCUT2D eigenvalue weighted by Gasteiger charge is 2.08. The van der Waals surface area contributed by atoms with Crippen LogP contribution in [0.15, 0.2) is 18.7 Å². The first-order valence-electron chi connectivity index (χ1n) is 4.95. The van der Waals surface area contributed by atoms with Crippen LogP contribution in [0.4, 0.5) is 0 Å². The molecule has 0 aliphatic carbocycles. The fourth-order valence-electron chi connectivity index (χ4n) is 1.61. The van der Waals surface area contributed by atoms with Crippen LogP contribution in [0.3, 0.4) is 0 Å². The molecule has 1 heterocycles. The number of aryl methyl sites for hydroxylation is 2. The third-order valence-electron chi connectivity index (χ3n) is 2.41. The van der Waals surface area contributed by atoms with Crippen molar-refractivity contribution in [1.29, 1.82) is 0 Å². The molecule has 0 radical (unpaired) electrons. The molecule has 0 spiro atoms. The molecule has 1 rings (SSSR count). The van der Waals surface area contributed by atoms with Gasteiger partial charge < -0.3 is 5.32 Å². The lowest BCUT2D eigenvalue weighted by Crippen LogP contribution is -2.27. The van der Waals surface area contributed by atoms with Gasteiger partial charge in [-0.3, -0.25) is 4.68 Å². The summed E-state index contributed by atoms with van der Waals surface area (Å²) < 4.78 is 1.95. The Morgan fingerprint density at radius 3 is 2.86 bits per heavy atom. The summed E-state index contributed by atoms with van der Waals surface area (Å²) in [6.45, 7) is 5.77. The molecule has 0 aliphatic rings. The number of nitrogens with zero attached hydrogens (tertiary/aromatic N) is 2. The van der Waals surface area contributed by atoms with Crippen LogP contribution in [0, 0.1) is 6.92 Å². The monoisotopic (exact) mass is 193 g/mol. The van der Waals surface area contributed by atoms with E-state index >= 15 is 0 Å². The van der Waals surface area contributed by atoms with Crippen molar-refractivity contribution >= 4 is 0 Å². The Balaban J connectivity index is 2.65. The molecule has 0 saturated heterocycles. The van der Waals surface area contributed by atoms with Crippen molar-refractivity contribution in [2.24, 2.45) is 7.05 Å². The van der Waals surface area contributed by atoms with Crippen molar-refractivity contribution in [2.75, 3.05) is 7.05 Å². The third-order valence-corrected chi connectivity index (χ3v) is 2.41. The minimum Gasteiger partial charge on any atom is -0.316 e. The van der Waals surface area contributed by atoms with Gasteiger partial charge in [-0.1, -0.05) is 6.08 Å². The molecule has 0 aromatic carbocycles. The van der Waals surface area contributed by atoms with Crippen molar-refractivity contribution < 1.29 is 0 Å². The van der Waals surface area contributed by atoms with E-state index in [1.807, 2.05) is 31.8 Å². The van der Waals surface area contributed by atoms with Crippen molar-refractivity contribution in [3.05, 3.63) is 30.1 Å². The van der Waals surface area contributed by atoms with E-state index in [1.165, 1.54) is 5.69 Å². The minimum absolute atomic E-state index is 0.460. The number of aromatic nitrogens is 2. The Kier molecular flexibility index (Phi) is 3.89. The first-order valence-corrected chi connectivity index (χ1v) is 4.95. The first kappa shape index (κ1) is 11.0. The van der Waals surface area contributed by atoms with E-state index < -0.39 is 0 Å². The lowest BCUT2D eigenvalue weighted by Gasteiger charge is -2.13. The molecule has 1 aromatic heterocycles. The highest BCUT2D eigenvalue weighted by Crippen LogP contribution is 2.07. The fraction of sp³-hybridized carbons (Fsp3) is 0.545. The number of nitrogens with one attached hydrogen (secondary N) is 1. The van der Waals surface area contributed by atoms with Crippen LogP contribution in [0.1, 0.15) is 17.8 Å². The molecule has 0 saturated carbocycles. The van der Waals surface area contributed by atoms with Crippen molar-refractivity contribution in [3.8, 4) is 0 Å². The summed E-state index contributed by atoms with van der Waals surface area (Å²) in [6.07, 6.45) is 3.94. The molecule has 78 valence electrons. The zero-order valence-corrected chi connectivity index (χ0v) is 9.25. The maximum atomic E-state index is 4.32. The van der Waals surface area contributed by atoms with E-state index in [9.17, 15) is 0 Å². The van der Waals surface area contributed by atoms with Crippen LogP contribution < -0.4 is 5.32 Å². The smallest absolute Gasteiger partial charge is 0.0596 e. The standard InChI is InChI=1S/C11H19N3/c1-5-6-10(12-3)8-11-7-9(2)13-14(11)4/h5,7,10,12H,1,6,8H2,2-4H3. The van der Waals surface area contributed by atoms with Crippen molar-refractivity contribution in [1.82, 2.24) is 15.1 Å². The zero-order valence-electron chi connectivity index (χ0n) is 9.25. The predicted octanol–water partition coefficient (Wildman–Crippen LogP) is 1.44. The molecular weight excluding hydrogens is 174 g/mol. The Morgan fingerprint density at radius 1 is 1.71 bits per heavy atom. The van der Waals surface area contributed by atoms with Crippen LogP contribution in [-0.2, 0) is 13.5 Å². The van der Waals surface area contributed by atoms with Gasteiger partial charge in [-0.25, -0.2) is 0 Å². The summed E-state index contributed by atoms with van der Waals surface area (Å²) in [4.78, 5) is 0. The molecule has 0 amide bonds. The topological polar surface area (TPSA) is 29.9 Å². The first-order chi connectivity index (χ1) is 6.67. The van der Waals surface area contributed by atoms with Gasteiger partial charge in [-0.05, 0) is 26.5 Å². The van der Waals surface area contributed by atoms with Crippen LogP contribution in [-0.4, -0.2) is 22.9 Å². The molecule has 1 atom stereocenters. The molecule has 1 unspecified atom stereocenters. The van der Waals surface area contributed by atoms with E-state index in [-0.39, 0.29) is 0 Å². The number of rotatable bonds is 5. The van der Waals surface area contributed by atoms with E-state index in [4.69, 9.17) is 0 Å². The Bertz CT molecular complexity index is 301. The van der Waals surface area contributed by atoms with Gasteiger partial charge in [-0.15, -0.1) is 6.58 Å². The SMILES string of the molecule is C=CCC(Cc1cc(C)nn1C)NC. The van der Waals surface area contributed by atoms with Crippen LogP contribution in [0.5, 0.6) is 0 Å². The third kappa shape index (κ3) is 2.70. The van der Waals surface area contributed by atoms with E-state index in [0.717, 1.165) is 18.5 Å². The lowest BCUT2D eigenvalue weighted by molar-refractivity contribution is 0.541. The highest BCUT2D eigenvalue weighted by molar-refractivity contribution is 5.10. The predicted molar refractivity (Wildman–Crippen MR) is 59.3 cm³/mol. The normalized spacial score (nSPS) is 12.8. The molecule has 3 heteroatoms. The van der Waals surface area contributed by atoms with Gasteiger partial charge in [0.05, 0.1) is 5.69 Å². The molecule has 0 bridgehead atoms. The molecular formula is C11H19N3. The van der Waals surface area contributed by atoms with Gasteiger partial charge in [0.2, 0.25) is 0 Å². The van der Waals surface area contributed by atoms with Crippen LogP contribution >= 0.6 is 0 Å². The average Bonchev–Trinajstić information content (AvgIpc) is 2.44. The van der Waals surface area contributed by atoms with Gasteiger partial charge in [0.25, 0.3) is 0 Å². The van der Waals surface area contributed by atoms with Gasteiger partial charge >= 0.3 is 0 Å². The van der Waals surface area contributed by atoms with E-state index in [2.05, 4.69) is 23.1 Å². The number of hydrogen-bond acceptors (Lipinski definition) is 2. The Morgan fingerprint density at radius 2 is 2.43 bits per heavy atom. The maximum Gasteiger partial charge on any atom is 0.0596 e. The van der Waals surface area contributed by atoms with Gasteiger partial charge in [0.15, 0.2) is 0 Å². The summed E-state index contributed by atoms with van der Waals surface area (Å²) >= 11 is 0. The van der Waals surface area contributed by atoms with Gasteiger partial charge in [0.1, 0.15) is 0 Å². The Hall–Kier alpha value is -1.09. The fourth-order valence-corrected chi connectivity index (χ4v) is 1.61. The second-order valence-electron chi connectivity index (χ2n) is 3.61. The average molecular weight is 193 g/mol. The quantitative estimate of drug-likeness (QED) is 0.717. The van der Waals surface area contributed by atoms with Crippen LogP contribution in [0.2, 0.25) is 0 Å². The zero-order chi connectivity index (χ0) is 10.6. The van der Waals surface area contributed by atoms with Crippen molar-refractivity contribution in [2.45, 2.75) is 25.8 Å². The molecule has 1 aromatic rings. The van der Waals surface area contributed by atoms with E-state index in [1.54, 1.807) is 0 Å². The highest BCUT2D eigenvalue weighted by atomic mass is 15.3. The second kappa shape index (κ2) is 4.96. The van der Waals surface area contributed by atoms with Crippen molar-refractivity contribution in [3.63, 3.8) is 0 Å². The molecule has 3 nitrogen and oxygen atoms in total. The largest absolute Gasteiger partial charge is 0.316 e. The molecule has 0 aliphatic heterocycles. The summed E-state index contributed by atoms with van der Waals surface area (Å²) in [5.74, 6) is 0. The summed E-state index contributed by atoms with van der Waals surface area (Å²) in [7, 11) is 3.97. The summed E-state index contributed by atoms with van der Waals surface area (Å²) in [6, 6.07) is 2.59. The maximum absolute atomic E-state index is 4.32. The molecule has 14 heavy (non-hydrogen) atoms. The summed E-state index contributed by atoms with van der Waals surface area (Å²) in [5, 5.41) is 7.60. The molecule has 0 fully saturated rings. The molecule has 1 N–H and O–H groups in total. The second-order valence-corrected chi connectivity index (χ2v) is 3.61. The number of likely N-dealkylation sites (N-methyl/N-ethyl adjacent to an activating group) is 1. The van der Waals surface area contributed by atoms with Gasteiger partial charge in [-0.2, -0.15) is 5.10 Å². The Labute approximate surface area is 85.8 Å². The van der Waals surface area contributed by atoms with Gasteiger partial charge in [0, 0.05) is 25.2 Å². The minimum atomic E-state index is 0.460. The number of hydrogen-bond donors (Lipinski definition) is 1. The van der Waals surface area contributed by atoms with Crippen LogP contribution in [0.25, 0.3) is 0 Å². The lowest BCUT2D eigenvalue weighted by atomic mass is 10.1.